The van der Waals surface area contributed by atoms with E-state index in [4.69, 9.17) is 4.74 Å². The minimum atomic E-state index is -2.34. The molecule has 0 spiro atoms. The molecule has 232 valence electrons. The summed E-state index contributed by atoms with van der Waals surface area (Å²) in [7, 11) is 1.37. The molecule has 44 heavy (non-hydrogen) atoms. The predicted octanol–water partition coefficient (Wildman–Crippen LogP) is 6.26. The van der Waals surface area contributed by atoms with Crippen molar-refractivity contribution in [3.63, 3.8) is 0 Å². The van der Waals surface area contributed by atoms with Gasteiger partial charge >= 0.3 is 11.9 Å². The average molecular weight is 618 g/mol. The second-order valence-corrected chi connectivity index (χ2v) is 11.3. The van der Waals surface area contributed by atoms with Crippen LogP contribution in [-0.2, 0) is 22.8 Å². The molecular formula is C31H28F5N3O5. The van der Waals surface area contributed by atoms with E-state index < -0.39 is 68.7 Å². The number of carboxylic acids is 1. The van der Waals surface area contributed by atoms with E-state index in [9.17, 15) is 41.4 Å². The molecular weight excluding hydrogens is 589 g/mol. The normalized spacial score (nSPS) is 11.6. The number of benzene rings is 3. The fraction of sp³-hybridized carbons (Fsp3) is 0.290. The van der Waals surface area contributed by atoms with Crippen molar-refractivity contribution in [1.29, 1.82) is 0 Å². The number of carboxylic acid groups (broad SMARTS) is 1. The van der Waals surface area contributed by atoms with Gasteiger partial charge in [-0.1, -0.05) is 12.1 Å². The number of hydrogen-bond donors (Lipinski definition) is 1. The van der Waals surface area contributed by atoms with Crippen LogP contribution in [0.4, 0.5) is 27.6 Å². The zero-order chi connectivity index (χ0) is 32.8. The van der Waals surface area contributed by atoms with Gasteiger partial charge in [0.25, 0.3) is 5.56 Å². The number of halogens is 5. The molecule has 0 aliphatic heterocycles. The number of fused-ring (bicyclic) bond motifs is 1. The van der Waals surface area contributed by atoms with Gasteiger partial charge in [-0.25, -0.2) is 31.7 Å². The van der Waals surface area contributed by atoms with Crippen molar-refractivity contribution in [3.8, 4) is 11.1 Å². The van der Waals surface area contributed by atoms with Crippen molar-refractivity contribution >= 4 is 28.5 Å². The molecule has 0 saturated heterocycles. The summed E-state index contributed by atoms with van der Waals surface area (Å²) < 4.78 is 78.2. The van der Waals surface area contributed by atoms with Gasteiger partial charge in [0.2, 0.25) is 5.82 Å². The monoisotopic (exact) mass is 617 g/mol. The highest BCUT2D eigenvalue weighted by atomic mass is 19.2. The molecule has 1 heterocycles. The Morgan fingerprint density at radius 2 is 1.57 bits per heavy atom. The summed E-state index contributed by atoms with van der Waals surface area (Å²) in [5.41, 5.74) is -2.53. The number of carbonyl (C=O) groups excluding carboxylic acids is 1. The molecule has 0 aliphatic carbocycles. The van der Waals surface area contributed by atoms with Crippen LogP contribution in [-0.4, -0.2) is 33.6 Å². The van der Waals surface area contributed by atoms with Crippen molar-refractivity contribution < 1.29 is 41.4 Å². The molecule has 0 aliphatic rings. The van der Waals surface area contributed by atoms with E-state index >= 15 is 0 Å². The molecule has 0 unspecified atom stereocenters. The van der Waals surface area contributed by atoms with Gasteiger partial charge in [-0.05, 0) is 63.9 Å². The predicted molar refractivity (Wildman–Crippen MR) is 152 cm³/mol. The van der Waals surface area contributed by atoms with Crippen molar-refractivity contribution in [3.05, 3.63) is 92.3 Å². The summed E-state index contributed by atoms with van der Waals surface area (Å²) in [4.78, 5) is 43.6. The second kappa shape index (κ2) is 11.7. The highest BCUT2D eigenvalue weighted by molar-refractivity contribution is 5.99. The van der Waals surface area contributed by atoms with Crippen LogP contribution in [0, 0.1) is 48.3 Å². The van der Waals surface area contributed by atoms with Gasteiger partial charge in [-0.3, -0.25) is 14.2 Å². The first-order chi connectivity index (χ1) is 20.4. The van der Waals surface area contributed by atoms with Crippen LogP contribution in [0.2, 0.25) is 0 Å². The number of esters is 1. The molecule has 0 fully saturated rings. The summed E-state index contributed by atoms with van der Waals surface area (Å²) in [5, 5.41) is 10.0. The van der Waals surface area contributed by atoms with Gasteiger partial charge in [0.15, 0.2) is 30.0 Å². The van der Waals surface area contributed by atoms with Crippen molar-refractivity contribution in [2.24, 2.45) is 5.41 Å². The Balaban J connectivity index is 1.84. The quantitative estimate of drug-likeness (QED) is 0.113. The number of aromatic nitrogens is 2. The van der Waals surface area contributed by atoms with Gasteiger partial charge in [0.05, 0.1) is 33.1 Å². The molecule has 13 heteroatoms. The molecule has 0 saturated carbocycles. The van der Waals surface area contributed by atoms with E-state index in [1.807, 2.05) is 0 Å². The molecule has 0 amide bonds. The van der Waals surface area contributed by atoms with Crippen LogP contribution < -0.4 is 10.5 Å². The Bertz CT molecular complexity index is 1870. The molecule has 1 N–H and O–H groups in total. The highest BCUT2D eigenvalue weighted by Crippen LogP contribution is 2.39. The maximum Gasteiger partial charge on any atom is 0.337 e. The molecule has 0 atom stereocenters. The molecule has 0 radical (unpaired) electrons. The maximum atomic E-state index is 14.9. The lowest BCUT2D eigenvalue weighted by Gasteiger charge is -2.26. The molecule has 1 aromatic heterocycles. The van der Waals surface area contributed by atoms with Crippen LogP contribution in [0.5, 0.6) is 0 Å². The smallest absolute Gasteiger partial charge is 0.337 e. The number of para-hydroxylation sites is 1. The van der Waals surface area contributed by atoms with E-state index in [-0.39, 0.29) is 30.2 Å². The Morgan fingerprint density at radius 3 is 2.14 bits per heavy atom. The third kappa shape index (κ3) is 5.73. The molecule has 3 aromatic carbocycles. The second-order valence-electron chi connectivity index (χ2n) is 11.3. The van der Waals surface area contributed by atoms with Crippen molar-refractivity contribution in [2.75, 3.05) is 11.9 Å². The topological polar surface area (TPSA) is 102 Å². The largest absolute Gasteiger partial charge is 0.478 e. The average Bonchev–Trinajstić information content (AvgIpc) is 2.95. The number of aryl methyl sites for hydroxylation is 2. The number of anilines is 1. The van der Waals surface area contributed by atoms with Crippen LogP contribution in [0.1, 0.15) is 48.1 Å². The minimum absolute atomic E-state index is 0.142. The lowest BCUT2D eigenvalue weighted by atomic mass is 9.96. The van der Waals surface area contributed by atoms with Crippen LogP contribution in [0.15, 0.2) is 35.1 Å². The van der Waals surface area contributed by atoms with Gasteiger partial charge in [0, 0.05) is 19.2 Å². The number of hydrogen-bond acceptors (Lipinski definition) is 6. The number of ether oxygens (including phenoxy) is 1. The first-order valence-corrected chi connectivity index (χ1v) is 13.2. The van der Waals surface area contributed by atoms with Crippen LogP contribution >= 0.6 is 0 Å². The van der Waals surface area contributed by atoms with Crippen molar-refractivity contribution in [1.82, 2.24) is 9.55 Å². The van der Waals surface area contributed by atoms with E-state index in [0.29, 0.717) is 16.6 Å². The third-order valence-electron chi connectivity index (χ3n) is 7.07. The van der Waals surface area contributed by atoms with Crippen LogP contribution in [0.3, 0.4) is 0 Å². The summed E-state index contributed by atoms with van der Waals surface area (Å²) >= 11 is 0. The fourth-order valence-electron chi connectivity index (χ4n) is 4.70. The highest BCUT2D eigenvalue weighted by Gasteiger charge is 2.30. The SMILES string of the molecule is Cc1cc2nc(C)n(COC(=O)C(C)(C)C)c(=O)c2cc1CN(C)c1c(C(=O)O)cccc1-c1c(F)c(F)c(F)c(F)c1F. The Kier molecular flexibility index (Phi) is 8.54. The lowest BCUT2D eigenvalue weighted by molar-refractivity contribution is -0.157. The van der Waals surface area contributed by atoms with Crippen LogP contribution in [0.25, 0.3) is 22.0 Å². The first-order valence-electron chi connectivity index (χ1n) is 13.2. The zero-order valence-corrected chi connectivity index (χ0v) is 24.6. The van der Waals surface area contributed by atoms with E-state index in [0.717, 1.165) is 18.2 Å². The number of aromatic carboxylic acids is 1. The zero-order valence-electron chi connectivity index (χ0n) is 24.6. The Morgan fingerprint density at radius 1 is 0.977 bits per heavy atom. The summed E-state index contributed by atoms with van der Waals surface area (Å²) in [5.74, 6) is -12.7. The minimum Gasteiger partial charge on any atom is -0.478 e. The summed E-state index contributed by atoms with van der Waals surface area (Å²) in [6.07, 6.45) is 0. The first kappa shape index (κ1) is 32.1. The van der Waals surface area contributed by atoms with E-state index in [2.05, 4.69) is 4.98 Å². The van der Waals surface area contributed by atoms with Gasteiger partial charge in [-0.2, -0.15) is 0 Å². The third-order valence-corrected chi connectivity index (χ3v) is 7.07. The molecule has 4 rings (SSSR count). The fourth-order valence-corrected chi connectivity index (χ4v) is 4.70. The number of nitrogens with zero attached hydrogens (tertiary/aromatic N) is 3. The summed E-state index contributed by atoms with van der Waals surface area (Å²) in [6, 6.07) is 6.42. The van der Waals surface area contributed by atoms with E-state index in [1.165, 1.54) is 22.6 Å². The lowest BCUT2D eigenvalue weighted by Crippen LogP contribution is -2.30. The van der Waals surface area contributed by atoms with Crippen molar-refractivity contribution in [2.45, 2.75) is 47.9 Å². The van der Waals surface area contributed by atoms with Gasteiger partial charge in [-0.15, -0.1) is 0 Å². The number of rotatable bonds is 7. The number of carbonyl (C=O) groups is 2. The standard InChI is InChI=1S/C31H28F5N3O5/c1-14-10-20-19(28(40)39(15(2)37-20)13-44-30(43)31(3,4)5)11-16(14)12-38(6)27-17(8-7-9-18(27)29(41)42)21-22(32)24(34)26(36)25(35)23(21)33/h7-11H,12-13H2,1-6H3,(H,41,42). The van der Waals surface area contributed by atoms with E-state index in [1.54, 1.807) is 40.7 Å². The molecule has 4 aromatic rings. The summed E-state index contributed by atoms with van der Waals surface area (Å²) in [6.45, 7) is 7.72. The Hall–Kier alpha value is -4.81. The molecule has 8 nitrogen and oxygen atoms in total. The van der Waals surface area contributed by atoms with Gasteiger partial charge in [0.1, 0.15) is 5.82 Å². The Labute approximate surface area is 248 Å². The van der Waals surface area contributed by atoms with Gasteiger partial charge < -0.3 is 14.7 Å². The maximum absolute atomic E-state index is 14.9. The molecule has 0 bridgehead atoms.